The van der Waals surface area contributed by atoms with E-state index in [1.807, 2.05) is 0 Å². The normalized spacial score (nSPS) is 10.4. The van der Waals surface area contributed by atoms with Gasteiger partial charge in [0.2, 0.25) is 5.91 Å². The van der Waals surface area contributed by atoms with Crippen molar-refractivity contribution >= 4 is 11.9 Å². The molecular formula is C10H16N4O4. The minimum atomic E-state index is -1.16. The van der Waals surface area contributed by atoms with E-state index in [0.717, 1.165) is 0 Å². The highest BCUT2D eigenvalue weighted by molar-refractivity contribution is 5.86. The van der Waals surface area contributed by atoms with Crippen molar-refractivity contribution in [3.63, 3.8) is 0 Å². The van der Waals surface area contributed by atoms with Crippen molar-refractivity contribution in [2.45, 2.75) is 19.6 Å². The van der Waals surface area contributed by atoms with Crippen LogP contribution in [-0.4, -0.2) is 58.1 Å². The van der Waals surface area contributed by atoms with Gasteiger partial charge in [-0.3, -0.25) is 4.79 Å². The van der Waals surface area contributed by atoms with Crippen LogP contribution in [-0.2, 0) is 22.7 Å². The predicted molar refractivity (Wildman–Crippen MR) is 61.0 cm³/mol. The highest BCUT2D eigenvalue weighted by Crippen LogP contribution is 2.08. The monoisotopic (exact) mass is 256 g/mol. The molecule has 100 valence electrons. The van der Waals surface area contributed by atoms with Crippen molar-refractivity contribution in [2.24, 2.45) is 0 Å². The van der Waals surface area contributed by atoms with Crippen LogP contribution >= 0.6 is 0 Å². The van der Waals surface area contributed by atoms with Crippen molar-refractivity contribution in [1.82, 2.24) is 19.9 Å². The summed E-state index contributed by atoms with van der Waals surface area (Å²) in [5.41, 5.74) is 0.214. The number of aromatic nitrogens is 3. The Balaban J connectivity index is 2.82. The molecule has 0 saturated carbocycles. The summed E-state index contributed by atoms with van der Waals surface area (Å²) >= 11 is 0. The van der Waals surface area contributed by atoms with Gasteiger partial charge in [-0.2, -0.15) is 0 Å². The lowest BCUT2D eigenvalue weighted by molar-refractivity contribution is -0.128. The summed E-state index contributed by atoms with van der Waals surface area (Å²) in [4.78, 5) is 23.8. The van der Waals surface area contributed by atoms with E-state index in [-0.39, 0.29) is 31.2 Å². The van der Waals surface area contributed by atoms with Crippen LogP contribution in [0, 0.1) is 0 Å². The molecule has 0 aliphatic heterocycles. The van der Waals surface area contributed by atoms with Gasteiger partial charge >= 0.3 is 5.97 Å². The van der Waals surface area contributed by atoms with Gasteiger partial charge in [0, 0.05) is 27.6 Å². The van der Waals surface area contributed by atoms with E-state index in [9.17, 15) is 9.59 Å². The summed E-state index contributed by atoms with van der Waals surface area (Å²) in [6.07, 6.45) is 0.228. The summed E-state index contributed by atoms with van der Waals surface area (Å²) in [5.74, 6) is -1.22. The minimum absolute atomic E-state index is 0.0641. The maximum atomic E-state index is 11.4. The maximum absolute atomic E-state index is 11.4. The van der Waals surface area contributed by atoms with E-state index in [4.69, 9.17) is 9.84 Å². The van der Waals surface area contributed by atoms with Crippen LogP contribution in [0.1, 0.15) is 22.6 Å². The molecule has 0 aliphatic rings. The second kappa shape index (κ2) is 6.10. The molecular weight excluding hydrogens is 240 g/mol. The fourth-order valence-electron chi connectivity index (χ4n) is 1.38. The van der Waals surface area contributed by atoms with Gasteiger partial charge in [0.15, 0.2) is 5.69 Å². The number of hydrogen-bond donors (Lipinski definition) is 1. The number of nitrogens with zero attached hydrogens (tertiary/aromatic N) is 4. The number of carboxylic acids is 1. The molecule has 0 radical (unpaired) electrons. The van der Waals surface area contributed by atoms with Crippen molar-refractivity contribution in [2.75, 3.05) is 21.2 Å². The second-order valence-corrected chi connectivity index (χ2v) is 3.88. The first-order valence-corrected chi connectivity index (χ1v) is 5.32. The van der Waals surface area contributed by atoms with Crippen LogP contribution in [0.2, 0.25) is 0 Å². The van der Waals surface area contributed by atoms with Crippen molar-refractivity contribution < 1.29 is 19.4 Å². The Bertz CT molecular complexity index is 441. The van der Waals surface area contributed by atoms with Crippen molar-refractivity contribution in [3.8, 4) is 0 Å². The molecule has 0 unspecified atom stereocenters. The highest BCUT2D eigenvalue weighted by atomic mass is 16.5. The Morgan fingerprint density at radius 3 is 2.61 bits per heavy atom. The van der Waals surface area contributed by atoms with Gasteiger partial charge in [-0.25, -0.2) is 9.48 Å². The number of ether oxygens (including phenoxy) is 1. The van der Waals surface area contributed by atoms with E-state index >= 15 is 0 Å². The Morgan fingerprint density at radius 1 is 1.44 bits per heavy atom. The molecule has 8 nitrogen and oxygen atoms in total. The first-order valence-electron chi connectivity index (χ1n) is 5.32. The van der Waals surface area contributed by atoms with Gasteiger partial charge in [0.1, 0.15) is 0 Å². The van der Waals surface area contributed by atoms with Gasteiger partial charge < -0.3 is 14.7 Å². The lowest BCUT2D eigenvalue weighted by Gasteiger charge is -2.10. The van der Waals surface area contributed by atoms with Crippen LogP contribution in [0.25, 0.3) is 0 Å². The minimum Gasteiger partial charge on any atom is -0.476 e. The first kappa shape index (κ1) is 14.1. The quantitative estimate of drug-likeness (QED) is 0.743. The summed E-state index contributed by atoms with van der Waals surface area (Å²) in [7, 11) is 4.76. The molecule has 1 heterocycles. The largest absolute Gasteiger partial charge is 0.476 e. The number of hydrogen-bond acceptors (Lipinski definition) is 5. The molecule has 0 aromatic carbocycles. The number of carbonyl (C=O) groups excluding carboxylic acids is 1. The summed E-state index contributed by atoms with van der Waals surface area (Å²) < 4.78 is 6.30. The van der Waals surface area contributed by atoms with Gasteiger partial charge in [-0.1, -0.05) is 5.21 Å². The van der Waals surface area contributed by atoms with Gasteiger partial charge in [-0.15, -0.1) is 5.10 Å². The Morgan fingerprint density at radius 2 is 2.11 bits per heavy atom. The maximum Gasteiger partial charge on any atom is 0.358 e. The molecule has 1 aromatic rings. The second-order valence-electron chi connectivity index (χ2n) is 3.88. The molecule has 1 N–H and O–H groups in total. The third kappa shape index (κ3) is 3.27. The number of amides is 1. The van der Waals surface area contributed by atoms with Crippen LogP contribution in [0.15, 0.2) is 0 Å². The van der Waals surface area contributed by atoms with E-state index in [1.165, 1.54) is 16.7 Å². The molecule has 0 atom stereocenters. The Hall–Kier alpha value is -1.96. The number of methoxy groups -OCH3 is 1. The number of carbonyl (C=O) groups is 2. The SMILES string of the molecule is COCc1c(C(=O)O)nnn1CCC(=O)N(C)C. The molecule has 8 heteroatoms. The van der Waals surface area contributed by atoms with Crippen LogP contribution < -0.4 is 0 Å². The zero-order chi connectivity index (χ0) is 13.7. The molecule has 18 heavy (non-hydrogen) atoms. The van der Waals surface area contributed by atoms with E-state index in [2.05, 4.69) is 10.3 Å². The first-order chi connectivity index (χ1) is 8.47. The summed E-state index contributed by atoms with van der Waals surface area (Å²) in [6.45, 7) is 0.362. The van der Waals surface area contributed by atoms with Gasteiger partial charge in [0.25, 0.3) is 0 Å². The van der Waals surface area contributed by atoms with Crippen LogP contribution in [0.3, 0.4) is 0 Å². The molecule has 0 saturated heterocycles. The van der Waals surface area contributed by atoms with E-state index < -0.39 is 5.97 Å². The topological polar surface area (TPSA) is 97.5 Å². The molecule has 0 spiro atoms. The molecule has 1 aromatic heterocycles. The highest BCUT2D eigenvalue weighted by Gasteiger charge is 2.19. The lowest BCUT2D eigenvalue weighted by Crippen LogP contribution is -2.23. The Labute approximate surface area is 104 Å². The van der Waals surface area contributed by atoms with Crippen LogP contribution in [0.4, 0.5) is 0 Å². The fourth-order valence-corrected chi connectivity index (χ4v) is 1.38. The molecule has 1 rings (SSSR count). The molecule has 0 fully saturated rings. The van der Waals surface area contributed by atoms with Gasteiger partial charge in [0.05, 0.1) is 18.8 Å². The smallest absolute Gasteiger partial charge is 0.358 e. The third-order valence-corrected chi connectivity index (χ3v) is 2.36. The molecule has 0 aliphatic carbocycles. The lowest BCUT2D eigenvalue weighted by atomic mass is 10.3. The number of aryl methyl sites for hydroxylation is 1. The molecule has 0 bridgehead atoms. The number of aromatic carboxylic acids is 1. The number of carboxylic acid groups (broad SMARTS) is 1. The molecule has 1 amide bonds. The average molecular weight is 256 g/mol. The predicted octanol–water partition coefficient (Wildman–Crippen LogP) is -0.399. The standard InChI is InChI=1S/C10H16N4O4/c1-13(2)8(15)4-5-14-7(6-18-3)9(10(16)17)11-12-14/h4-6H2,1-3H3,(H,16,17). The average Bonchev–Trinajstić information content (AvgIpc) is 2.69. The Kier molecular flexibility index (Phi) is 4.78. The van der Waals surface area contributed by atoms with Crippen molar-refractivity contribution in [3.05, 3.63) is 11.4 Å². The summed E-state index contributed by atoms with van der Waals surface area (Å²) in [6, 6.07) is 0. The van der Waals surface area contributed by atoms with E-state index in [1.54, 1.807) is 14.1 Å². The zero-order valence-corrected chi connectivity index (χ0v) is 10.6. The van der Waals surface area contributed by atoms with E-state index in [0.29, 0.717) is 5.69 Å². The third-order valence-electron chi connectivity index (χ3n) is 2.36. The zero-order valence-electron chi connectivity index (χ0n) is 10.6. The fraction of sp³-hybridized carbons (Fsp3) is 0.600. The van der Waals surface area contributed by atoms with Crippen LogP contribution in [0.5, 0.6) is 0 Å². The van der Waals surface area contributed by atoms with Crippen molar-refractivity contribution in [1.29, 1.82) is 0 Å². The number of rotatable bonds is 6. The summed E-state index contributed by atoms with van der Waals surface area (Å²) in [5, 5.41) is 16.2. The van der Waals surface area contributed by atoms with Gasteiger partial charge in [-0.05, 0) is 0 Å².